The average Bonchev–Trinajstić information content (AvgIpc) is 2.98. The van der Waals surface area contributed by atoms with Gasteiger partial charge in [-0.1, -0.05) is 18.2 Å². The van der Waals surface area contributed by atoms with E-state index < -0.39 is 0 Å². The van der Waals surface area contributed by atoms with E-state index in [0.29, 0.717) is 6.42 Å². The number of ether oxygens (including phenoxy) is 1. The highest BCUT2D eigenvalue weighted by atomic mass is 16.5. The summed E-state index contributed by atoms with van der Waals surface area (Å²) >= 11 is 0. The molecule has 4 rings (SSSR count). The maximum absolute atomic E-state index is 12.4. The van der Waals surface area contributed by atoms with E-state index in [1.807, 2.05) is 42.7 Å². The highest BCUT2D eigenvalue weighted by molar-refractivity contribution is 6.00. The monoisotopic (exact) mass is 322 g/mol. The molecule has 4 nitrogen and oxygen atoms in total. The second-order valence-corrected chi connectivity index (χ2v) is 6.87. The Bertz CT molecular complexity index is 731. The molecule has 3 heterocycles. The molecule has 124 valence electrons. The smallest absolute Gasteiger partial charge is 0.170 e. The van der Waals surface area contributed by atoms with Crippen LogP contribution in [0.2, 0.25) is 0 Å². The number of rotatable bonds is 4. The Labute approximate surface area is 142 Å². The zero-order valence-corrected chi connectivity index (χ0v) is 13.8. The number of carbonyl (C=O) groups is 1. The highest BCUT2D eigenvalue weighted by Gasteiger charge is 2.45. The van der Waals surface area contributed by atoms with E-state index in [2.05, 4.69) is 16.0 Å². The normalized spacial score (nSPS) is 23.2. The minimum atomic E-state index is -0.320. The summed E-state index contributed by atoms with van der Waals surface area (Å²) in [5.41, 5.74) is 1.70. The van der Waals surface area contributed by atoms with E-state index in [1.165, 1.54) is 5.56 Å². The lowest BCUT2D eigenvalue weighted by atomic mass is 9.89. The van der Waals surface area contributed by atoms with Gasteiger partial charge in [0.1, 0.15) is 11.4 Å². The van der Waals surface area contributed by atoms with E-state index in [1.54, 1.807) is 0 Å². The van der Waals surface area contributed by atoms with Gasteiger partial charge in [-0.15, -0.1) is 0 Å². The van der Waals surface area contributed by atoms with Gasteiger partial charge in [0.2, 0.25) is 0 Å². The Morgan fingerprint density at radius 2 is 2.12 bits per heavy atom. The molecule has 1 unspecified atom stereocenters. The molecule has 1 atom stereocenters. The molecule has 1 saturated heterocycles. The molecule has 2 aliphatic heterocycles. The van der Waals surface area contributed by atoms with Crippen molar-refractivity contribution in [3.05, 3.63) is 59.9 Å². The van der Waals surface area contributed by atoms with E-state index in [9.17, 15) is 4.79 Å². The summed E-state index contributed by atoms with van der Waals surface area (Å²) in [7, 11) is 0. The third-order valence-corrected chi connectivity index (χ3v) is 5.05. The minimum Gasteiger partial charge on any atom is -0.485 e. The van der Waals surface area contributed by atoms with Crippen molar-refractivity contribution in [3.8, 4) is 5.75 Å². The molecule has 2 aromatic rings. The first kappa shape index (κ1) is 15.3. The lowest BCUT2D eigenvalue weighted by molar-refractivity contribution is 0.0460. The Morgan fingerprint density at radius 1 is 1.21 bits per heavy atom. The summed E-state index contributed by atoms with van der Waals surface area (Å²) in [6.07, 6.45) is 7.32. The molecule has 1 fully saturated rings. The quantitative estimate of drug-likeness (QED) is 0.867. The number of ketones is 1. The van der Waals surface area contributed by atoms with E-state index in [4.69, 9.17) is 4.74 Å². The molecule has 0 aliphatic carbocycles. The van der Waals surface area contributed by atoms with Gasteiger partial charge in [0.05, 0.1) is 12.0 Å². The van der Waals surface area contributed by atoms with Crippen molar-refractivity contribution in [1.82, 2.24) is 9.88 Å². The number of nitrogens with zero attached hydrogens (tertiary/aromatic N) is 2. The molecular weight excluding hydrogens is 300 g/mol. The van der Waals surface area contributed by atoms with Gasteiger partial charge in [0.15, 0.2) is 5.78 Å². The summed E-state index contributed by atoms with van der Waals surface area (Å²) in [6.45, 7) is 2.89. The van der Waals surface area contributed by atoms with Crippen LogP contribution in [-0.2, 0) is 6.42 Å². The predicted octanol–water partition coefficient (Wildman–Crippen LogP) is 3.12. The van der Waals surface area contributed by atoms with Gasteiger partial charge in [-0.05, 0) is 43.1 Å². The Hall–Kier alpha value is -2.20. The van der Waals surface area contributed by atoms with Crippen LogP contribution in [-0.4, -0.2) is 40.9 Å². The van der Waals surface area contributed by atoms with Crippen LogP contribution < -0.4 is 4.74 Å². The van der Waals surface area contributed by atoms with Gasteiger partial charge >= 0.3 is 0 Å². The standard InChI is InChI=1S/C20H22N2O2/c23-18-13-20(24-19-8-2-1-7-17(18)19)9-12-22(15-20)11-4-6-16-5-3-10-21-14-16/h1-3,5,7-8,10,14H,4,6,9,11-13,15H2. The fourth-order valence-electron chi connectivity index (χ4n) is 3.84. The van der Waals surface area contributed by atoms with Crippen molar-refractivity contribution in [3.63, 3.8) is 0 Å². The molecule has 0 N–H and O–H groups in total. The first-order chi connectivity index (χ1) is 11.7. The molecule has 4 heteroatoms. The number of aromatic nitrogens is 1. The van der Waals surface area contributed by atoms with Crippen molar-refractivity contribution < 1.29 is 9.53 Å². The van der Waals surface area contributed by atoms with Gasteiger partial charge in [-0.2, -0.15) is 0 Å². The predicted molar refractivity (Wildman–Crippen MR) is 92.4 cm³/mol. The topological polar surface area (TPSA) is 42.4 Å². The van der Waals surface area contributed by atoms with Crippen LogP contribution in [0.3, 0.4) is 0 Å². The number of aryl methyl sites for hydroxylation is 1. The second kappa shape index (κ2) is 6.36. The Balaban J connectivity index is 1.36. The number of para-hydroxylation sites is 1. The highest BCUT2D eigenvalue weighted by Crippen LogP contribution is 2.38. The van der Waals surface area contributed by atoms with Crippen LogP contribution in [0.15, 0.2) is 48.8 Å². The molecule has 1 spiro atoms. The zero-order chi connectivity index (χ0) is 16.4. The molecule has 0 saturated carbocycles. The maximum atomic E-state index is 12.4. The fraction of sp³-hybridized carbons (Fsp3) is 0.400. The average molecular weight is 322 g/mol. The molecule has 1 aromatic heterocycles. The maximum Gasteiger partial charge on any atom is 0.170 e. The summed E-state index contributed by atoms with van der Waals surface area (Å²) in [6, 6.07) is 11.7. The number of hydrogen-bond acceptors (Lipinski definition) is 4. The second-order valence-electron chi connectivity index (χ2n) is 6.87. The van der Waals surface area contributed by atoms with Crippen LogP contribution in [0.4, 0.5) is 0 Å². The number of pyridine rings is 1. The first-order valence-electron chi connectivity index (χ1n) is 8.67. The minimum absolute atomic E-state index is 0.217. The summed E-state index contributed by atoms with van der Waals surface area (Å²) in [5.74, 6) is 0.972. The first-order valence-corrected chi connectivity index (χ1v) is 8.67. The molecule has 0 amide bonds. The number of benzene rings is 1. The van der Waals surface area contributed by atoms with E-state index in [-0.39, 0.29) is 11.4 Å². The summed E-state index contributed by atoms with van der Waals surface area (Å²) in [5, 5.41) is 0. The lowest BCUT2D eigenvalue weighted by Crippen LogP contribution is -2.44. The van der Waals surface area contributed by atoms with Crippen molar-refractivity contribution in [2.75, 3.05) is 19.6 Å². The van der Waals surface area contributed by atoms with E-state index >= 15 is 0 Å². The SMILES string of the molecule is O=C1CC2(CCN(CCCc3cccnc3)C2)Oc2ccccc21. The molecule has 0 bridgehead atoms. The van der Waals surface area contributed by atoms with Crippen LogP contribution >= 0.6 is 0 Å². The third kappa shape index (κ3) is 3.06. The van der Waals surface area contributed by atoms with Crippen molar-refractivity contribution in [2.45, 2.75) is 31.3 Å². The van der Waals surface area contributed by atoms with Gasteiger partial charge in [0.25, 0.3) is 0 Å². The van der Waals surface area contributed by atoms with Gasteiger partial charge in [-0.3, -0.25) is 14.7 Å². The number of Topliss-reactive ketones (excluding diaryl/α,β-unsaturated/α-hetero) is 1. The van der Waals surface area contributed by atoms with Crippen molar-refractivity contribution in [1.29, 1.82) is 0 Å². The van der Waals surface area contributed by atoms with Crippen molar-refractivity contribution in [2.24, 2.45) is 0 Å². The molecule has 24 heavy (non-hydrogen) atoms. The van der Waals surface area contributed by atoms with Gasteiger partial charge < -0.3 is 4.74 Å². The third-order valence-electron chi connectivity index (χ3n) is 5.05. The number of hydrogen-bond donors (Lipinski definition) is 0. The van der Waals surface area contributed by atoms with Gasteiger partial charge in [0, 0.05) is 31.9 Å². The molecule has 0 radical (unpaired) electrons. The molecular formula is C20H22N2O2. The van der Waals surface area contributed by atoms with Crippen LogP contribution in [0.25, 0.3) is 0 Å². The van der Waals surface area contributed by atoms with Crippen molar-refractivity contribution >= 4 is 5.78 Å². The van der Waals surface area contributed by atoms with E-state index in [0.717, 1.165) is 50.2 Å². The Morgan fingerprint density at radius 3 is 3.00 bits per heavy atom. The number of carbonyl (C=O) groups excluding carboxylic acids is 1. The largest absolute Gasteiger partial charge is 0.485 e. The number of fused-ring (bicyclic) bond motifs is 1. The molecule has 1 aromatic carbocycles. The zero-order valence-electron chi connectivity index (χ0n) is 13.8. The summed E-state index contributed by atoms with van der Waals surface area (Å²) in [4.78, 5) is 19.0. The lowest BCUT2D eigenvalue weighted by Gasteiger charge is -2.34. The van der Waals surface area contributed by atoms with Crippen LogP contribution in [0.5, 0.6) is 5.75 Å². The molecule has 2 aliphatic rings. The number of likely N-dealkylation sites (tertiary alicyclic amines) is 1. The Kier molecular flexibility index (Phi) is 4.07. The summed E-state index contributed by atoms with van der Waals surface area (Å²) < 4.78 is 6.27. The van der Waals surface area contributed by atoms with Gasteiger partial charge in [-0.25, -0.2) is 0 Å². The van der Waals surface area contributed by atoms with Crippen LogP contribution in [0.1, 0.15) is 35.2 Å². The fourth-order valence-corrected chi connectivity index (χ4v) is 3.84. The van der Waals surface area contributed by atoms with Crippen LogP contribution in [0, 0.1) is 0 Å².